The SMILES string of the molecule is COC1=C(Cl)C(O)CC(O)=C1Cl. The van der Waals surface area contributed by atoms with Gasteiger partial charge in [0.1, 0.15) is 16.9 Å². The molecule has 1 aliphatic carbocycles. The maximum atomic E-state index is 9.24. The molecule has 0 aromatic rings. The number of allylic oxidation sites excluding steroid dienone is 1. The average molecular weight is 211 g/mol. The first-order valence-corrected chi connectivity index (χ1v) is 4.03. The van der Waals surface area contributed by atoms with Gasteiger partial charge in [0.15, 0.2) is 5.76 Å². The predicted octanol–water partition coefficient (Wildman–Crippen LogP) is 1.86. The van der Waals surface area contributed by atoms with Crippen LogP contribution in [0.1, 0.15) is 6.42 Å². The molecule has 1 atom stereocenters. The number of halogens is 2. The molecule has 1 rings (SSSR count). The smallest absolute Gasteiger partial charge is 0.158 e. The predicted molar refractivity (Wildman–Crippen MR) is 46.0 cm³/mol. The summed E-state index contributed by atoms with van der Waals surface area (Å²) < 4.78 is 4.79. The third-order valence-corrected chi connectivity index (χ3v) is 2.37. The Bertz CT molecular complexity index is 257. The van der Waals surface area contributed by atoms with Crippen LogP contribution in [0.3, 0.4) is 0 Å². The standard InChI is InChI=1S/C7H8Cl2O3/c1-12-7-5(8)3(10)2-4(11)6(7)9/h3,10-11H,2H2,1H3. The Balaban J connectivity index is 3.09. The average Bonchev–Trinajstić information content (AvgIpc) is 2.02. The first-order valence-electron chi connectivity index (χ1n) is 3.27. The highest BCUT2D eigenvalue weighted by atomic mass is 35.5. The molecule has 0 aromatic heterocycles. The molecule has 1 aliphatic rings. The summed E-state index contributed by atoms with van der Waals surface area (Å²) >= 11 is 11.3. The summed E-state index contributed by atoms with van der Waals surface area (Å²) in [6.45, 7) is 0. The zero-order chi connectivity index (χ0) is 9.30. The molecule has 2 N–H and O–H groups in total. The zero-order valence-electron chi connectivity index (χ0n) is 6.34. The molecule has 12 heavy (non-hydrogen) atoms. The number of aliphatic hydroxyl groups is 2. The summed E-state index contributed by atoms with van der Waals surface area (Å²) in [7, 11) is 1.37. The van der Waals surface area contributed by atoms with Crippen molar-refractivity contribution in [2.75, 3.05) is 7.11 Å². The van der Waals surface area contributed by atoms with Crippen molar-refractivity contribution in [3.63, 3.8) is 0 Å². The van der Waals surface area contributed by atoms with Gasteiger partial charge in [-0.05, 0) is 0 Å². The van der Waals surface area contributed by atoms with Crippen LogP contribution in [0.15, 0.2) is 21.6 Å². The molecule has 0 saturated heterocycles. The summed E-state index contributed by atoms with van der Waals surface area (Å²) in [6, 6.07) is 0. The molecule has 0 saturated carbocycles. The zero-order valence-corrected chi connectivity index (χ0v) is 7.85. The second-order valence-corrected chi connectivity index (χ2v) is 3.15. The van der Waals surface area contributed by atoms with Crippen molar-refractivity contribution in [3.05, 3.63) is 21.6 Å². The van der Waals surface area contributed by atoms with Gasteiger partial charge in [0.25, 0.3) is 0 Å². The van der Waals surface area contributed by atoms with Crippen molar-refractivity contribution in [3.8, 4) is 0 Å². The highest BCUT2D eigenvalue weighted by Crippen LogP contribution is 2.33. The van der Waals surface area contributed by atoms with Crippen LogP contribution in [0.5, 0.6) is 0 Å². The lowest BCUT2D eigenvalue weighted by Crippen LogP contribution is -2.16. The Morgan fingerprint density at radius 3 is 2.58 bits per heavy atom. The van der Waals surface area contributed by atoms with Gasteiger partial charge in [0.05, 0.1) is 12.1 Å². The fourth-order valence-electron chi connectivity index (χ4n) is 0.937. The van der Waals surface area contributed by atoms with E-state index >= 15 is 0 Å². The second-order valence-electron chi connectivity index (χ2n) is 2.36. The van der Waals surface area contributed by atoms with Crippen molar-refractivity contribution < 1.29 is 14.9 Å². The van der Waals surface area contributed by atoms with Crippen molar-refractivity contribution in [1.29, 1.82) is 0 Å². The van der Waals surface area contributed by atoms with Crippen LogP contribution >= 0.6 is 23.2 Å². The van der Waals surface area contributed by atoms with Gasteiger partial charge in [-0.2, -0.15) is 0 Å². The van der Waals surface area contributed by atoms with Gasteiger partial charge in [-0.3, -0.25) is 0 Å². The molecule has 68 valence electrons. The first-order chi connectivity index (χ1) is 5.57. The van der Waals surface area contributed by atoms with Crippen LogP contribution in [0, 0.1) is 0 Å². The molecule has 0 aliphatic heterocycles. The molecule has 0 amide bonds. The Labute approximate surface area is 79.9 Å². The monoisotopic (exact) mass is 210 g/mol. The normalized spacial score (nSPS) is 24.8. The van der Waals surface area contributed by atoms with Crippen molar-refractivity contribution in [1.82, 2.24) is 0 Å². The van der Waals surface area contributed by atoms with Crippen molar-refractivity contribution in [2.45, 2.75) is 12.5 Å². The van der Waals surface area contributed by atoms with Gasteiger partial charge in [0, 0.05) is 6.42 Å². The van der Waals surface area contributed by atoms with E-state index in [4.69, 9.17) is 27.9 Å². The van der Waals surface area contributed by atoms with Crippen LogP contribution in [-0.2, 0) is 4.74 Å². The number of ether oxygens (including phenoxy) is 1. The number of aliphatic hydroxyl groups excluding tert-OH is 2. The van der Waals surface area contributed by atoms with Crippen LogP contribution < -0.4 is 0 Å². The second kappa shape index (κ2) is 3.56. The van der Waals surface area contributed by atoms with Gasteiger partial charge in [0.2, 0.25) is 0 Å². The summed E-state index contributed by atoms with van der Waals surface area (Å²) in [5, 5.41) is 18.6. The minimum Gasteiger partial charge on any atom is -0.510 e. The Morgan fingerprint density at radius 1 is 1.50 bits per heavy atom. The lowest BCUT2D eigenvalue weighted by atomic mass is 10.1. The number of methoxy groups -OCH3 is 1. The molecule has 0 bridgehead atoms. The fourth-order valence-corrected chi connectivity index (χ4v) is 1.49. The maximum Gasteiger partial charge on any atom is 0.158 e. The minimum atomic E-state index is -0.927. The first kappa shape index (κ1) is 9.71. The van der Waals surface area contributed by atoms with E-state index in [-0.39, 0.29) is 28.0 Å². The number of hydrogen-bond acceptors (Lipinski definition) is 3. The van der Waals surface area contributed by atoms with Gasteiger partial charge in [-0.25, -0.2) is 0 Å². The van der Waals surface area contributed by atoms with E-state index in [0.29, 0.717) is 0 Å². The summed E-state index contributed by atoms with van der Waals surface area (Å²) in [6.07, 6.45) is -0.894. The number of hydrogen-bond donors (Lipinski definition) is 2. The molecular formula is C7H8Cl2O3. The quantitative estimate of drug-likeness (QED) is 0.695. The third kappa shape index (κ3) is 1.53. The van der Waals surface area contributed by atoms with Gasteiger partial charge in [-0.15, -0.1) is 0 Å². The molecule has 0 heterocycles. The van der Waals surface area contributed by atoms with Crippen molar-refractivity contribution >= 4 is 23.2 Å². The molecule has 1 unspecified atom stereocenters. The topological polar surface area (TPSA) is 49.7 Å². The number of rotatable bonds is 1. The molecule has 0 fully saturated rings. The molecule has 3 nitrogen and oxygen atoms in total. The van der Waals surface area contributed by atoms with E-state index in [1.807, 2.05) is 0 Å². The van der Waals surface area contributed by atoms with Crippen LogP contribution in [-0.4, -0.2) is 23.4 Å². The summed E-state index contributed by atoms with van der Waals surface area (Å²) in [4.78, 5) is 0. The third-order valence-electron chi connectivity index (χ3n) is 1.55. The molecular weight excluding hydrogens is 203 g/mol. The Morgan fingerprint density at radius 2 is 2.08 bits per heavy atom. The van der Waals surface area contributed by atoms with Gasteiger partial charge in [-0.1, -0.05) is 23.2 Å². The van der Waals surface area contributed by atoms with Crippen LogP contribution in [0.4, 0.5) is 0 Å². The lowest BCUT2D eigenvalue weighted by Gasteiger charge is -2.19. The summed E-state index contributed by atoms with van der Waals surface area (Å²) in [5.74, 6) is 0.0278. The molecule has 5 heteroatoms. The van der Waals surface area contributed by atoms with Gasteiger partial charge >= 0.3 is 0 Å². The lowest BCUT2D eigenvalue weighted by molar-refractivity contribution is 0.179. The Kier molecular flexibility index (Phi) is 2.88. The van der Waals surface area contributed by atoms with Gasteiger partial charge < -0.3 is 14.9 Å². The van der Waals surface area contributed by atoms with E-state index in [1.165, 1.54) is 7.11 Å². The van der Waals surface area contributed by atoms with E-state index in [1.54, 1.807) is 0 Å². The molecule has 0 aromatic carbocycles. The molecule has 0 radical (unpaired) electrons. The fraction of sp³-hybridized carbons (Fsp3) is 0.429. The van der Waals surface area contributed by atoms with E-state index < -0.39 is 6.10 Å². The Hall–Kier alpha value is -0.380. The maximum absolute atomic E-state index is 9.24. The summed E-state index contributed by atoms with van der Waals surface area (Å²) in [5.41, 5.74) is 0. The van der Waals surface area contributed by atoms with Crippen molar-refractivity contribution in [2.24, 2.45) is 0 Å². The molecule has 0 spiro atoms. The van der Waals surface area contributed by atoms with E-state index in [2.05, 4.69) is 0 Å². The van der Waals surface area contributed by atoms with E-state index in [9.17, 15) is 10.2 Å². The largest absolute Gasteiger partial charge is 0.510 e. The van der Waals surface area contributed by atoms with Crippen LogP contribution in [0.25, 0.3) is 0 Å². The van der Waals surface area contributed by atoms with E-state index in [0.717, 1.165) is 0 Å². The minimum absolute atomic E-state index is 0.0323. The highest BCUT2D eigenvalue weighted by molar-refractivity contribution is 6.36. The van der Waals surface area contributed by atoms with Crippen LogP contribution in [0.2, 0.25) is 0 Å². The highest BCUT2D eigenvalue weighted by Gasteiger charge is 2.26.